The molecular formula is C22H30N2O4S. The van der Waals surface area contributed by atoms with Crippen molar-refractivity contribution in [2.24, 2.45) is 0 Å². The maximum atomic E-state index is 13.4. The van der Waals surface area contributed by atoms with Gasteiger partial charge in [0.1, 0.15) is 5.01 Å². The van der Waals surface area contributed by atoms with Gasteiger partial charge in [0.2, 0.25) is 5.91 Å². The van der Waals surface area contributed by atoms with Gasteiger partial charge in [-0.3, -0.25) is 4.79 Å². The van der Waals surface area contributed by atoms with Crippen molar-refractivity contribution in [2.75, 3.05) is 26.4 Å². The molecule has 0 fully saturated rings. The lowest BCUT2D eigenvalue weighted by Gasteiger charge is -2.26. The molecule has 1 atom stereocenters. The molecule has 1 heterocycles. The molecule has 0 N–H and O–H groups in total. The molecule has 2 rings (SSSR count). The zero-order valence-corrected chi connectivity index (χ0v) is 18.2. The second kappa shape index (κ2) is 12.3. The number of esters is 1. The maximum absolute atomic E-state index is 13.4. The summed E-state index contributed by atoms with van der Waals surface area (Å²) in [5, 5.41) is 2.41. The normalized spacial score (nSPS) is 11.8. The summed E-state index contributed by atoms with van der Waals surface area (Å²) in [6.07, 6.45) is 1.47. The molecule has 2 aromatic rings. The number of amides is 1. The molecule has 0 saturated carbocycles. The highest BCUT2D eigenvalue weighted by Crippen LogP contribution is 2.24. The van der Waals surface area contributed by atoms with Crippen LogP contribution in [-0.2, 0) is 20.8 Å². The van der Waals surface area contributed by atoms with Crippen molar-refractivity contribution >= 4 is 23.2 Å². The minimum absolute atomic E-state index is 0.0723. The third-order valence-electron chi connectivity index (χ3n) is 4.50. The van der Waals surface area contributed by atoms with Crippen LogP contribution in [0.3, 0.4) is 0 Å². The predicted octanol–water partition coefficient (Wildman–Crippen LogP) is 4.27. The number of aromatic nitrogens is 1. The number of benzene rings is 1. The van der Waals surface area contributed by atoms with E-state index in [2.05, 4.69) is 4.98 Å². The van der Waals surface area contributed by atoms with Crippen molar-refractivity contribution in [2.45, 2.75) is 46.1 Å². The molecule has 0 unspecified atom stereocenters. The second-order valence-corrected chi connectivity index (χ2v) is 7.47. The van der Waals surface area contributed by atoms with Gasteiger partial charge in [-0.25, -0.2) is 9.78 Å². The summed E-state index contributed by atoms with van der Waals surface area (Å²) < 4.78 is 10.4. The van der Waals surface area contributed by atoms with Crippen LogP contribution in [0.2, 0.25) is 0 Å². The number of ether oxygens (including phenoxy) is 2. The summed E-state index contributed by atoms with van der Waals surface area (Å²) in [5.41, 5.74) is 1.31. The molecule has 0 aliphatic rings. The number of carbonyl (C=O) groups is 2. The topological polar surface area (TPSA) is 68.7 Å². The monoisotopic (exact) mass is 418 g/mol. The Morgan fingerprint density at radius 1 is 1.14 bits per heavy atom. The van der Waals surface area contributed by atoms with Crippen molar-refractivity contribution < 1.29 is 19.1 Å². The Bertz CT molecular complexity index is 763. The quantitative estimate of drug-likeness (QED) is 0.380. The fourth-order valence-electron chi connectivity index (χ4n) is 3.07. The maximum Gasteiger partial charge on any atom is 0.357 e. The van der Waals surface area contributed by atoms with Gasteiger partial charge in [0, 0.05) is 25.1 Å². The van der Waals surface area contributed by atoms with Gasteiger partial charge in [0.05, 0.1) is 19.1 Å². The molecule has 0 aliphatic carbocycles. The van der Waals surface area contributed by atoms with E-state index in [1.165, 1.54) is 11.3 Å². The van der Waals surface area contributed by atoms with E-state index in [1.807, 2.05) is 49.1 Å². The molecule has 1 aromatic heterocycles. The molecule has 7 heteroatoms. The zero-order chi connectivity index (χ0) is 21.1. The lowest BCUT2D eigenvalue weighted by atomic mass is 9.95. The number of hydrogen-bond acceptors (Lipinski definition) is 6. The molecule has 1 amide bonds. The van der Waals surface area contributed by atoms with Crippen molar-refractivity contribution in [3.63, 3.8) is 0 Å². The minimum Gasteiger partial charge on any atom is -0.461 e. The molecule has 0 bridgehead atoms. The number of carbonyl (C=O) groups excluding carboxylic acids is 2. The minimum atomic E-state index is -0.431. The SMILES string of the molecule is CCOCCCN(Cc1nc(C(=O)OCC)cs1)C(=O)[C@H](CC)c1ccccc1. The Balaban J connectivity index is 2.15. The van der Waals surface area contributed by atoms with E-state index >= 15 is 0 Å². The summed E-state index contributed by atoms with van der Waals surface area (Å²) in [5.74, 6) is -0.559. The second-order valence-electron chi connectivity index (χ2n) is 6.53. The van der Waals surface area contributed by atoms with Crippen LogP contribution in [0.4, 0.5) is 0 Å². The van der Waals surface area contributed by atoms with Gasteiger partial charge in [0.15, 0.2) is 5.69 Å². The van der Waals surface area contributed by atoms with Crippen LogP contribution in [0.15, 0.2) is 35.7 Å². The van der Waals surface area contributed by atoms with Crippen LogP contribution in [0.5, 0.6) is 0 Å². The summed E-state index contributed by atoms with van der Waals surface area (Å²) in [6, 6.07) is 9.85. The average Bonchev–Trinajstić information content (AvgIpc) is 3.20. The van der Waals surface area contributed by atoms with Crippen LogP contribution < -0.4 is 0 Å². The summed E-state index contributed by atoms with van der Waals surface area (Å²) in [6.45, 7) is 8.27. The van der Waals surface area contributed by atoms with E-state index in [0.29, 0.717) is 38.6 Å². The van der Waals surface area contributed by atoms with Gasteiger partial charge in [-0.1, -0.05) is 37.3 Å². The van der Waals surface area contributed by atoms with Crippen molar-refractivity contribution in [1.29, 1.82) is 0 Å². The van der Waals surface area contributed by atoms with Gasteiger partial charge in [0.25, 0.3) is 0 Å². The van der Waals surface area contributed by atoms with Gasteiger partial charge in [-0.15, -0.1) is 11.3 Å². The van der Waals surface area contributed by atoms with E-state index in [0.717, 1.165) is 23.4 Å². The smallest absolute Gasteiger partial charge is 0.357 e. The molecule has 6 nitrogen and oxygen atoms in total. The molecule has 29 heavy (non-hydrogen) atoms. The Morgan fingerprint density at radius 2 is 1.90 bits per heavy atom. The van der Waals surface area contributed by atoms with Crippen molar-refractivity contribution in [3.05, 3.63) is 52.0 Å². The van der Waals surface area contributed by atoms with Crippen molar-refractivity contribution in [1.82, 2.24) is 9.88 Å². The van der Waals surface area contributed by atoms with E-state index in [1.54, 1.807) is 12.3 Å². The highest BCUT2D eigenvalue weighted by molar-refractivity contribution is 7.09. The van der Waals surface area contributed by atoms with Gasteiger partial charge in [-0.2, -0.15) is 0 Å². The zero-order valence-electron chi connectivity index (χ0n) is 17.4. The van der Waals surface area contributed by atoms with Crippen molar-refractivity contribution in [3.8, 4) is 0 Å². The largest absolute Gasteiger partial charge is 0.461 e. The van der Waals surface area contributed by atoms with Crippen LogP contribution in [-0.4, -0.2) is 48.1 Å². The third kappa shape index (κ3) is 6.94. The Hall–Kier alpha value is -2.25. The molecule has 0 radical (unpaired) electrons. The number of hydrogen-bond donors (Lipinski definition) is 0. The highest BCUT2D eigenvalue weighted by atomic mass is 32.1. The summed E-state index contributed by atoms with van der Waals surface area (Å²) >= 11 is 1.37. The van der Waals surface area contributed by atoms with Gasteiger partial charge < -0.3 is 14.4 Å². The summed E-state index contributed by atoms with van der Waals surface area (Å²) in [7, 11) is 0. The molecular weight excluding hydrogens is 388 g/mol. The first-order valence-corrected chi connectivity index (χ1v) is 11.0. The fraction of sp³-hybridized carbons (Fsp3) is 0.500. The summed E-state index contributed by atoms with van der Waals surface area (Å²) in [4.78, 5) is 31.4. The van der Waals surface area contributed by atoms with Gasteiger partial charge >= 0.3 is 5.97 Å². The number of nitrogens with zero attached hydrogens (tertiary/aromatic N) is 2. The Morgan fingerprint density at radius 3 is 2.55 bits per heavy atom. The lowest BCUT2D eigenvalue weighted by molar-refractivity contribution is -0.133. The molecule has 0 saturated heterocycles. The van der Waals surface area contributed by atoms with E-state index in [-0.39, 0.29) is 11.8 Å². The first kappa shape index (κ1) is 23.0. The first-order valence-electron chi connectivity index (χ1n) is 10.1. The van der Waals surface area contributed by atoms with E-state index < -0.39 is 5.97 Å². The molecule has 0 aliphatic heterocycles. The standard InChI is InChI=1S/C22H30N2O4S/c1-4-18(17-11-8-7-9-12-17)21(25)24(13-10-14-27-5-2)15-20-23-19(16-29-20)22(26)28-6-3/h7-9,11-12,16,18H,4-6,10,13-15H2,1-3H3/t18-/m1/s1. The van der Waals surface area contributed by atoms with Crippen LogP contribution in [0.1, 0.15) is 60.6 Å². The average molecular weight is 419 g/mol. The van der Waals surface area contributed by atoms with Crippen LogP contribution in [0.25, 0.3) is 0 Å². The number of thiazole rings is 1. The first-order chi connectivity index (χ1) is 14.1. The van der Waals surface area contributed by atoms with Gasteiger partial charge in [-0.05, 0) is 32.3 Å². The molecule has 158 valence electrons. The highest BCUT2D eigenvalue weighted by Gasteiger charge is 2.25. The Kier molecular flexibility index (Phi) is 9.80. The lowest BCUT2D eigenvalue weighted by Crippen LogP contribution is -2.36. The van der Waals surface area contributed by atoms with Crippen LogP contribution in [0, 0.1) is 0 Å². The Labute approximate surface area is 176 Å². The number of rotatable bonds is 12. The fourth-order valence-corrected chi connectivity index (χ4v) is 3.85. The van der Waals surface area contributed by atoms with Crippen LogP contribution >= 0.6 is 11.3 Å². The molecule has 0 spiro atoms. The third-order valence-corrected chi connectivity index (χ3v) is 5.34. The molecule has 1 aromatic carbocycles. The van der Waals surface area contributed by atoms with E-state index in [9.17, 15) is 9.59 Å². The van der Waals surface area contributed by atoms with E-state index in [4.69, 9.17) is 9.47 Å². The predicted molar refractivity (Wildman–Crippen MR) is 114 cm³/mol.